The van der Waals surface area contributed by atoms with E-state index in [4.69, 9.17) is 0 Å². The van der Waals surface area contributed by atoms with E-state index >= 15 is 0 Å². The lowest BCUT2D eigenvalue weighted by atomic mass is 10.1. The minimum Gasteiger partial charge on any atom is -0.355 e. The highest BCUT2D eigenvalue weighted by molar-refractivity contribution is 5.95. The summed E-state index contributed by atoms with van der Waals surface area (Å²) in [6.07, 6.45) is 0.728. The molecule has 1 aliphatic heterocycles. The van der Waals surface area contributed by atoms with Crippen LogP contribution < -0.4 is 10.2 Å². The van der Waals surface area contributed by atoms with Crippen LogP contribution in [0.1, 0.15) is 12.0 Å². The molecule has 1 heterocycles. The maximum absolute atomic E-state index is 13.0. The Morgan fingerprint density at radius 2 is 1.83 bits per heavy atom. The van der Waals surface area contributed by atoms with Crippen molar-refractivity contribution in [2.75, 3.05) is 18.0 Å². The van der Waals surface area contributed by atoms with Gasteiger partial charge < -0.3 is 10.2 Å². The molecule has 1 atom stereocenters. The second kappa shape index (κ2) is 7.25. The van der Waals surface area contributed by atoms with Crippen LogP contribution in [0.5, 0.6) is 0 Å². The smallest absolute Gasteiger partial charge is 0.227 e. The fourth-order valence-electron chi connectivity index (χ4n) is 2.89. The van der Waals surface area contributed by atoms with Gasteiger partial charge in [-0.05, 0) is 29.8 Å². The van der Waals surface area contributed by atoms with Crippen molar-refractivity contribution in [3.63, 3.8) is 0 Å². The highest BCUT2D eigenvalue weighted by Gasteiger charge is 2.30. The van der Waals surface area contributed by atoms with Crippen LogP contribution >= 0.6 is 0 Å². The van der Waals surface area contributed by atoms with Gasteiger partial charge >= 0.3 is 0 Å². The van der Waals surface area contributed by atoms with Gasteiger partial charge in [-0.1, -0.05) is 30.3 Å². The lowest BCUT2D eigenvalue weighted by molar-refractivity contribution is -0.121. The van der Waals surface area contributed by atoms with Gasteiger partial charge in [0.15, 0.2) is 0 Å². The molecule has 124 valence electrons. The third-order valence-corrected chi connectivity index (χ3v) is 4.14. The maximum atomic E-state index is 13.0. The van der Waals surface area contributed by atoms with E-state index < -0.39 is 0 Å². The van der Waals surface area contributed by atoms with Crippen LogP contribution in [-0.4, -0.2) is 24.9 Å². The summed E-state index contributed by atoms with van der Waals surface area (Å²) in [4.78, 5) is 25.8. The number of hydrogen-bond donors (Lipinski definition) is 1. The summed E-state index contributed by atoms with van der Waals surface area (Å²) >= 11 is 0. The molecule has 0 spiro atoms. The molecule has 2 aromatic rings. The van der Waals surface area contributed by atoms with Crippen molar-refractivity contribution in [1.82, 2.24) is 5.32 Å². The molecule has 0 bridgehead atoms. The SMILES string of the molecule is O=C(Cc1ccccc1)NCC1CC(=O)N(c2ccc(F)cc2)C1. The fraction of sp³-hybridized carbons (Fsp3) is 0.263. The fourth-order valence-corrected chi connectivity index (χ4v) is 2.89. The third kappa shape index (κ3) is 3.98. The van der Waals surface area contributed by atoms with Gasteiger partial charge in [-0.25, -0.2) is 4.39 Å². The van der Waals surface area contributed by atoms with Crippen molar-refractivity contribution in [3.8, 4) is 0 Å². The number of rotatable bonds is 5. The van der Waals surface area contributed by atoms with Gasteiger partial charge in [-0.2, -0.15) is 0 Å². The average Bonchev–Trinajstić information content (AvgIpc) is 2.95. The van der Waals surface area contributed by atoms with Gasteiger partial charge in [0, 0.05) is 31.1 Å². The Morgan fingerprint density at radius 1 is 1.12 bits per heavy atom. The summed E-state index contributed by atoms with van der Waals surface area (Å²) < 4.78 is 13.0. The molecule has 2 aromatic carbocycles. The third-order valence-electron chi connectivity index (χ3n) is 4.14. The predicted octanol–water partition coefficient (Wildman–Crippen LogP) is 2.54. The Kier molecular flexibility index (Phi) is 4.89. The quantitative estimate of drug-likeness (QED) is 0.918. The second-order valence-corrected chi connectivity index (χ2v) is 6.02. The number of carbonyl (C=O) groups is 2. The molecular formula is C19H19FN2O2. The summed E-state index contributed by atoms with van der Waals surface area (Å²) in [6.45, 7) is 1.01. The molecule has 1 fully saturated rings. The van der Waals surface area contributed by atoms with Crippen LogP contribution in [-0.2, 0) is 16.0 Å². The Hall–Kier alpha value is -2.69. The van der Waals surface area contributed by atoms with Crippen molar-refractivity contribution in [3.05, 3.63) is 66.0 Å². The molecule has 0 saturated carbocycles. The van der Waals surface area contributed by atoms with Crippen molar-refractivity contribution in [2.24, 2.45) is 5.92 Å². The zero-order valence-corrected chi connectivity index (χ0v) is 13.2. The van der Waals surface area contributed by atoms with Gasteiger partial charge in [-0.15, -0.1) is 0 Å². The molecule has 1 aliphatic rings. The number of carbonyl (C=O) groups excluding carboxylic acids is 2. The maximum Gasteiger partial charge on any atom is 0.227 e. The molecular weight excluding hydrogens is 307 g/mol. The number of benzene rings is 2. The lowest BCUT2D eigenvalue weighted by Crippen LogP contribution is -2.32. The van der Waals surface area contributed by atoms with Crippen LogP contribution in [0.2, 0.25) is 0 Å². The Balaban J connectivity index is 1.51. The van der Waals surface area contributed by atoms with Gasteiger partial charge in [0.25, 0.3) is 0 Å². The summed E-state index contributed by atoms with van der Waals surface area (Å²) in [5.41, 5.74) is 1.66. The normalized spacial score (nSPS) is 17.1. The van der Waals surface area contributed by atoms with Gasteiger partial charge in [0.2, 0.25) is 11.8 Å². The number of amides is 2. The second-order valence-electron chi connectivity index (χ2n) is 6.02. The lowest BCUT2D eigenvalue weighted by Gasteiger charge is -2.17. The highest BCUT2D eigenvalue weighted by Crippen LogP contribution is 2.24. The van der Waals surface area contributed by atoms with Gasteiger partial charge in [-0.3, -0.25) is 9.59 Å². The zero-order chi connectivity index (χ0) is 16.9. The van der Waals surface area contributed by atoms with Gasteiger partial charge in [0.1, 0.15) is 5.82 Å². The molecule has 2 amide bonds. The van der Waals surface area contributed by atoms with Crippen LogP contribution in [0.4, 0.5) is 10.1 Å². The molecule has 4 nitrogen and oxygen atoms in total. The Morgan fingerprint density at radius 3 is 2.54 bits per heavy atom. The van der Waals surface area contributed by atoms with E-state index in [1.54, 1.807) is 17.0 Å². The zero-order valence-electron chi connectivity index (χ0n) is 13.2. The molecule has 3 rings (SSSR count). The van der Waals surface area contributed by atoms with E-state index in [0.29, 0.717) is 31.6 Å². The van der Waals surface area contributed by atoms with Crippen LogP contribution in [0.25, 0.3) is 0 Å². The largest absolute Gasteiger partial charge is 0.355 e. The summed E-state index contributed by atoms with van der Waals surface area (Å²) in [5, 5.41) is 2.90. The first-order valence-electron chi connectivity index (χ1n) is 7.98. The molecule has 1 saturated heterocycles. The molecule has 0 aromatic heterocycles. The van der Waals surface area contributed by atoms with Gasteiger partial charge in [0.05, 0.1) is 6.42 Å². The first-order chi connectivity index (χ1) is 11.6. The number of nitrogens with zero attached hydrogens (tertiary/aromatic N) is 1. The number of halogens is 1. The molecule has 24 heavy (non-hydrogen) atoms. The molecule has 0 radical (unpaired) electrons. The highest BCUT2D eigenvalue weighted by atomic mass is 19.1. The summed E-state index contributed by atoms with van der Waals surface area (Å²) in [5.74, 6) is -0.296. The Labute approximate surface area is 140 Å². The van der Waals surface area contributed by atoms with E-state index in [0.717, 1.165) is 5.56 Å². The van der Waals surface area contributed by atoms with Crippen LogP contribution in [0, 0.1) is 11.7 Å². The van der Waals surface area contributed by atoms with E-state index in [2.05, 4.69) is 5.32 Å². The topological polar surface area (TPSA) is 49.4 Å². The predicted molar refractivity (Wildman–Crippen MR) is 90.0 cm³/mol. The number of nitrogens with one attached hydrogen (secondary N) is 1. The van der Waals surface area contributed by atoms with Crippen molar-refractivity contribution < 1.29 is 14.0 Å². The van der Waals surface area contributed by atoms with Crippen LogP contribution in [0.3, 0.4) is 0 Å². The minimum atomic E-state index is -0.324. The molecule has 1 unspecified atom stereocenters. The number of anilines is 1. The first kappa shape index (κ1) is 16.2. The molecule has 1 N–H and O–H groups in total. The molecule has 5 heteroatoms. The standard InChI is InChI=1S/C19H19FN2O2/c20-16-6-8-17(9-7-16)22-13-15(11-19(22)24)12-21-18(23)10-14-4-2-1-3-5-14/h1-9,15H,10-13H2,(H,21,23). The summed E-state index contributed by atoms with van der Waals surface area (Å²) in [6, 6.07) is 15.4. The Bertz CT molecular complexity index is 716. The van der Waals surface area contributed by atoms with E-state index in [9.17, 15) is 14.0 Å². The van der Waals surface area contributed by atoms with Crippen molar-refractivity contribution in [2.45, 2.75) is 12.8 Å². The number of hydrogen-bond acceptors (Lipinski definition) is 2. The first-order valence-corrected chi connectivity index (χ1v) is 7.98. The van der Waals surface area contributed by atoms with E-state index in [1.807, 2.05) is 30.3 Å². The molecule has 0 aliphatic carbocycles. The average molecular weight is 326 g/mol. The monoisotopic (exact) mass is 326 g/mol. The van der Waals surface area contributed by atoms with E-state index in [-0.39, 0.29) is 23.5 Å². The van der Waals surface area contributed by atoms with Crippen molar-refractivity contribution in [1.29, 1.82) is 0 Å². The summed E-state index contributed by atoms with van der Waals surface area (Å²) in [7, 11) is 0. The minimum absolute atomic E-state index is 0.00363. The van der Waals surface area contributed by atoms with Crippen LogP contribution in [0.15, 0.2) is 54.6 Å². The van der Waals surface area contributed by atoms with E-state index in [1.165, 1.54) is 12.1 Å². The van der Waals surface area contributed by atoms with Crippen molar-refractivity contribution >= 4 is 17.5 Å².